The number of carbonyl (C=O) groups is 2. The molecule has 2 heterocycles. The molecule has 2 saturated heterocycles. The molecule has 0 bridgehead atoms. The number of ether oxygens (including phenoxy) is 1. The molecule has 33 heavy (non-hydrogen) atoms. The second-order valence-corrected chi connectivity index (χ2v) is 8.52. The first-order chi connectivity index (χ1) is 15.8. The standard InChI is InChI=1S/C22H32N4O7/c1-14(20(32-2)16-6-5-9-23-16)21(28)24-17(22(29)25-10-3-4-11-33-25)12-15-7-8-19(27)18(13-15)26(30)31/h7-8,13-14,16-17,20,23,27H,3-6,9-12H2,1-2H3,(H,24,28)/t14-,16+,17+,20-/m1/s1. The number of carbonyl (C=O) groups excluding carboxylic acids is 2. The Morgan fingerprint density at radius 1 is 1.39 bits per heavy atom. The Morgan fingerprint density at radius 3 is 2.79 bits per heavy atom. The minimum Gasteiger partial charge on any atom is -0.502 e. The van der Waals surface area contributed by atoms with Crippen molar-refractivity contribution in [3.8, 4) is 5.75 Å². The molecular formula is C22H32N4O7. The summed E-state index contributed by atoms with van der Waals surface area (Å²) < 4.78 is 5.60. The van der Waals surface area contributed by atoms with E-state index in [1.54, 1.807) is 14.0 Å². The molecular weight excluding hydrogens is 432 g/mol. The summed E-state index contributed by atoms with van der Waals surface area (Å²) in [5.41, 5.74) is -0.0251. The number of phenols is 1. The lowest BCUT2D eigenvalue weighted by Gasteiger charge is -2.32. The smallest absolute Gasteiger partial charge is 0.310 e. The summed E-state index contributed by atoms with van der Waals surface area (Å²) in [7, 11) is 1.56. The van der Waals surface area contributed by atoms with Gasteiger partial charge in [-0.2, -0.15) is 0 Å². The summed E-state index contributed by atoms with van der Waals surface area (Å²) >= 11 is 0. The van der Waals surface area contributed by atoms with E-state index in [4.69, 9.17) is 9.57 Å². The molecule has 2 amide bonds. The normalized spacial score (nSPS) is 21.3. The van der Waals surface area contributed by atoms with E-state index in [1.165, 1.54) is 23.3 Å². The van der Waals surface area contributed by atoms with Gasteiger partial charge in [-0.1, -0.05) is 13.0 Å². The molecule has 1 aromatic rings. The number of hydroxylamine groups is 2. The molecule has 11 heteroatoms. The number of nitro groups is 1. The van der Waals surface area contributed by atoms with Crippen LogP contribution in [0.3, 0.4) is 0 Å². The van der Waals surface area contributed by atoms with Crippen LogP contribution in [0.4, 0.5) is 5.69 Å². The van der Waals surface area contributed by atoms with Crippen LogP contribution in [0, 0.1) is 16.0 Å². The Morgan fingerprint density at radius 2 is 2.18 bits per heavy atom. The quantitative estimate of drug-likeness (QED) is 0.366. The Kier molecular flexibility index (Phi) is 8.59. The van der Waals surface area contributed by atoms with Crippen molar-refractivity contribution in [2.24, 2.45) is 5.92 Å². The minimum absolute atomic E-state index is 0.0115. The maximum absolute atomic E-state index is 13.2. The maximum atomic E-state index is 13.2. The largest absolute Gasteiger partial charge is 0.502 e. The highest BCUT2D eigenvalue weighted by Crippen LogP contribution is 2.27. The van der Waals surface area contributed by atoms with Gasteiger partial charge in [-0.25, -0.2) is 5.06 Å². The van der Waals surface area contributed by atoms with Crippen LogP contribution in [0.25, 0.3) is 0 Å². The number of methoxy groups -OCH3 is 1. The van der Waals surface area contributed by atoms with Crippen LogP contribution in [-0.4, -0.2) is 71.9 Å². The molecule has 3 rings (SSSR count). The van der Waals surface area contributed by atoms with E-state index in [0.717, 1.165) is 32.2 Å². The van der Waals surface area contributed by atoms with Gasteiger partial charge in [0.15, 0.2) is 5.75 Å². The van der Waals surface area contributed by atoms with Gasteiger partial charge in [-0.05, 0) is 43.9 Å². The number of rotatable bonds is 9. The second kappa shape index (κ2) is 11.4. The molecule has 0 aromatic heterocycles. The van der Waals surface area contributed by atoms with E-state index in [0.29, 0.717) is 18.7 Å². The molecule has 0 unspecified atom stereocenters. The molecule has 2 fully saturated rings. The second-order valence-electron chi connectivity index (χ2n) is 8.52. The summed E-state index contributed by atoms with van der Waals surface area (Å²) in [6.45, 7) is 3.44. The van der Waals surface area contributed by atoms with Gasteiger partial charge in [0.25, 0.3) is 5.91 Å². The number of nitro benzene ring substituents is 1. The SMILES string of the molecule is CO[C@@H]([C@@H]1CCCN1)[C@@H](C)C(=O)N[C@@H](Cc1ccc(O)c([N+](=O)[O-])c1)C(=O)N1CCCCO1. The molecule has 182 valence electrons. The fourth-order valence-electron chi connectivity index (χ4n) is 4.38. The van der Waals surface area contributed by atoms with Crippen LogP contribution in [0.5, 0.6) is 5.75 Å². The molecule has 0 saturated carbocycles. The van der Waals surface area contributed by atoms with Crippen molar-refractivity contribution in [2.75, 3.05) is 26.8 Å². The van der Waals surface area contributed by atoms with E-state index in [-0.39, 0.29) is 24.5 Å². The van der Waals surface area contributed by atoms with Crippen LogP contribution >= 0.6 is 0 Å². The van der Waals surface area contributed by atoms with Crippen molar-refractivity contribution in [1.82, 2.24) is 15.7 Å². The summed E-state index contributed by atoms with van der Waals surface area (Å²) in [4.78, 5) is 42.3. The van der Waals surface area contributed by atoms with Crippen molar-refractivity contribution in [2.45, 2.75) is 57.2 Å². The van der Waals surface area contributed by atoms with Crippen LogP contribution in [0.2, 0.25) is 0 Å². The number of amides is 2. The number of hydrogen-bond acceptors (Lipinski definition) is 8. The van der Waals surface area contributed by atoms with E-state index in [2.05, 4.69) is 10.6 Å². The van der Waals surface area contributed by atoms with Crippen LogP contribution in [0.15, 0.2) is 18.2 Å². The Labute approximate surface area is 192 Å². The summed E-state index contributed by atoms with van der Waals surface area (Å²) in [5, 5.41) is 28.3. The van der Waals surface area contributed by atoms with Gasteiger partial charge in [-0.3, -0.25) is 24.5 Å². The van der Waals surface area contributed by atoms with Crippen molar-refractivity contribution in [3.63, 3.8) is 0 Å². The lowest BCUT2D eigenvalue weighted by molar-refractivity contribution is -0.385. The van der Waals surface area contributed by atoms with Gasteiger partial charge in [0, 0.05) is 32.2 Å². The first kappa shape index (κ1) is 24.9. The van der Waals surface area contributed by atoms with Crippen LogP contribution in [0.1, 0.15) is 38.2 Å². The molecule has 2 aliphatic heterocycles. The van der Waals surface area contributed by atoms with Crippen molar-refractivity contribution in [1.29, 1.82) is 0 Å². The predicted molar refractivity (Wildman–Crippen MR) is 118 cm³/mol. The van der Waals surface area contributed by atoms with Gasteiger partial charge < -0.3 is 20.5 Å². The molecule has 0 spiro atoms. The van der Waals surface area contributed by atoms with Crippen LogP contribution in [-0.2, 0) is 25.6 Å². The minimum atomic E-state index is -0.990. The number of nitrogens with zero attached hydrogens (tertiary/aromatic N) is 2. The average Bonchev–Trinajstić information content (AvgIpc) is 3.34. The molecule has 3 N–H and O–H groups in total. The fraction of sp³-hybridized carbons (Fsp3) is 0.636. The van der Waals surface area contributed by atoms with E-state index < -0.39 is 34.2 Å². The third kappa shape index (κ3) is 6.18. The molecule has 0 aliphatic carbocycles. The number of nitrogens with one attached hydrogen (secondary N) is 2. The third-order valence-corrected chi connectivity index (χ3v) is 6.21. The van der Waals surface area contributed by atoms with Crippen molar-refractivity contribution >= 4 is 17.5 Å². The number of phenolic OH excluding ortho intramolecular Hbond substituents is 1. The van der Waals surface area contributed by atoms with Gasteiger partial charge in [0.05, 0.1) is 23.6 Å². The maximum Gasteiger partial charge on any atom is 0.310 e. The number of benzene rings is 1. The zero-order chi connectivity index (χ0) is 24.0. The van der Waals surface area contributed by atoms with Gasteiger partial charge in [0.1, 0.15) is 6.04 Å². The van der Waals surface area contributed by atoms with E-state index in [1.807, 2.05) is 0 Å². The topological polar surface area (TPSA) is 143 Å². The van der Waals surface area contributed by atoms with E-state index in [9.17, 15) is 24.8 Å². The zero-order valence-electron chi connectivity index (χ0n) is 19.0. The molecule has 0 radical (unpaired) electrons. The number of hydrogen-bond donors (Lipinski definition) is 3. The lowest BCUT2D eigenvalue weighted by Crippen LogP contribution is -2.54. The molecule has 4 atom stereocenters. The zero-order valence-corrected chi connectivity index (χ0v) is 19.0. The molecule has 1 aromatic carbocycles. The summed E-state index contributed by atoms with van der Waals surface area (Å²) in [5.74, 6) is -1.76. The fourth-order valence-corrected chi connectivity index (χ4v) is 4.38. The lowest BCUT2D eigenvalue weighted by atomic mass is 9.94. The molecule has 11 nitrogen and oxygen atoms in total. The van der Waals surface area contributed by atoms with E-state index >= 15 is 0 Å². The first-order valence-electron chi connectivity index (χ1n) is 11.3. The highest BCUT2D eigenvalue weighted by Gasteiger charge is 2.36. The predicted octanol–water partition coefficient (Wildman–Crippen LogP) is 1.28. The number of aromatic hydroxyl groups is 1. The highest BCUT2D eigenvalue weighted by molar-refractivity contribution is 5.88. The van der Waals surface area contributed by atoms with Gasteiger partial charge >= 0.3 is 5.69 Å². The monoisotopic (exact) mass is 464 g/mol. The Bertz CT molecular complexity index is 853. The van der Waals surface area contributed by atoms with Gasteiger partial charge in [0.2, 0.25) is 5.91 Å². The summed E-state index contributed by atoms with van der Waals surface area (Å²) in [6, 6.07) is 2.98. The van der Waals surface area contributed by atoms with Gasteiger partial charge in [-0.15, -0.1) is 0 Å². The van der Waals surface area contributed by atoms with Crippen molar-refractivity contribution < 1.29 is 29.2 Å². The average molecular weight is 465 g/mol. The first-order valence-corrected chi connectivity index (χ1v) is 11.3. The Hall–Kier alpha value is -2.76. The molecule has 2 aliphatic rings. The Balaban J connectivity index is 1.79. The third-order valence-electron chi connectivity index (χ3n) is 6.21. The highest BCUT2D eigenvalue weighted by atomic mass is 16.7. The van der Waals surface area contributed by atoms with Crippen molar-refractivity contribution in [3.05, 3.63) is 33.9 Å². The van der Waals surface area contributed by atoms with Crippen LogP contribution < -0.4 is 10.6 Å². The summed E-state index contributed by atoms with van der Waals surface area (Å²) in [6.07, 6.45) is 3.18.